The van der Waals surface area contributed by atoms with Crippen molar-refractivity contribution in [1.82, 2.24) is 0 Å². The van der Waals surface area contributed by atoms with Crippen molar-refractivity contribution in [3.63, 3.8) is 0 Å². The molecule has 0 aromatic heterocycles. The zero-order valence-electron chi connectivity index (χ0n) is 6.89. The lowest BCUT2D eigenvalue weighted by molar-refractivity contribution is 1.03. The van der Waals surface area contributed by atoms with Gasteiger partial charge in [0.05, 0.1) is 0 Å². The Morgan fingerprint density at radius 3 is 2.62 bits per heavy atom. The maximum absolute atomic E-state index is 3.41. The molecule has 0 saturated carbocycles. The van der Waals surface area contributed by atoms with Gasteiger partial charge in [-0.1, -0.05) is 34.0 Å². The van der Waals surface area contributed by atoms with Crippen molar-refractivity contribution < 1.29 is 0 Å². The predicted octanol–water partition coefficient (Wildman–Crippen LogP) is 4.43. The first kappa shape index (κ1) is 11.4. The molecule has 0 aliphatic rings. The highest BCUT2D eigenvalue weighted by Crippen LogP contribution is 2.12. The number of rotatable bonds is 2. The lowest BCUT2D eigenvalue weighted by Crippen LogP contribution is -1.81. The summed E-state index contributed by atoms with van der Waals surface area (Å²) >= 11 is 5.59. The molecular formula is C10H8BrIS. The maximum atomic E-state index is 3.41. The number of hydrogen-bond donors (Lipinski definition) is 0. The predicted molar refractivity (Wildman–Crippen MR) is 71.9 cm³/mol. The normalized spacial score (nSPS) is 9.08. The summed E-state index contributed by atoms with van der Waals surface area (Å²) in [6.45, 7) is 0. The standard InChI is InChI=1S/C10H8BrIS/c11-10-6-4-9(5-7-10)3-1-2-8-13-12/h4-7H,1,3H2. The topological polar surface area (TPSA) is 0 Å². The van der Waals surface area contributed by atoms with Crippen LogP contribution < -0.4 is 0 Å². The molecule has 0 unspecified atom stereocenters. The third-order valence-electron chi connectivity index (χ3n) is 1.56. The molecule has 0 aliphatic carbocycles. The van der Waals surface area contributed by atoms with Gasteiger partial charge in [0.25, 0.3) is 0 Å². The van der Waals surface area contributed by atoms with Gasteiger partial charge in [-0.25, -0.2) is 0 Å². The molecule has 0 bridgehead atoms. The summed E-state index contributed by atoms with van der Waals surface area (Å²) in [6, 6.07) is 8.39. The van der Waals surface area contributed by atoms with Crippen LogP contribution in [-0.2, 0) is 6.42 Å². The van der Waals surface area contributed by atoms with Crippen LogP contribution in [0.2, 0.25) is 0 Å². The molecule has 3 heteroatoms. The van der Waals surface area contributed by atoms with Gasteiger partial charge in [-0.15, -0.1) is 0 Å². The van der Waals surface area contributed by atoms with Crippen LogP contribution in [0.25, 0.3) is 0 Å². The molecule has 1 aromatic carbocycles. The Kier molecular flexibility index (Phi) is 5.92. The van der Waals surface area contributed by atoms with E-state index in [-0.39, 0.29) is 0 Å². The number of hydrogen-bond acceptors (Lipinski definition) is 1. The Balaban J connectivity index is 2.41. The zero-order valence-corrected chi connectivity index (χ0v) is 11.4. The summed E-state index contributed by atoms with van der Waals surface area (Å²) in [4.78, 5) is 0. The molecule has 0 N–H and O–H groups in total. The summed E-state index contributed by atoms with van der Waals surface area (Å²) in [6.07, 6.45) is 1.98. The van der Waals surface area contributed by atoms with Crippen molar-refractivity contribution >= 4 is 46.1 Å². The molecular weight excluding hydrogens is 359 g/mol. The van der Waals surface area contributed by atoms with Gasteiger partial charge in [0.1, 0.15) is 0 Å². The molecule has 13 heavy (non-hydrogen) atoms. The quantitative estimate of drug-likeness (QED) is 0.551. The highest BCUT2D eigenvalue weighted by molar-refractivity contribution is 14.2. The van der Waals surface area contributed by atoms with Crippen molar-refractivity contribution in [3.8, 4) is 11.2 Å². The van der Waals surface area contributed by atoms with Gasteiger partial charge in [-0.2, -0.15) is 0 Å². The van der Waals surface area contributed by atoms with Crippen molar-refractivity contribution in [1.29, 1.82) is 0 Å². The Bertz CT molecular complexity index is 310. The molecule has 1 aromatic rings. The first-order valence-corrected chi connectivity index (χ1v) is 7.98. The van der Waals surface area contributed by atoms with Crippen LogP contribution in [-0.4, -0.2) is 0 Å². The summed E-state index contributed by atoms with van der Waals surface area (Å²) in [5, 5.41) is 2.97. The smallest absolute Gasteiger partial charge is 0.0175 e. The summed E-state index contributed by atoms with van der Waals surface area (Å²) in [7, 11) is 1.54. The minimum absolute atomic E-state index is 0.942. The molecule has 68 valence electrons. The molecule has 0 aliphatic heterocycles. The van der Waals surface area contributed by atoms with Crippen LogP contribution in [0.3, 0.4) is 0 Å². The molecule has 0 fully saturated rings. The highest BCUT2D eigenvalue weighted by atomic mass is 127. The van der Waals surface area contributed by atoms with E-state index < -0.39 is 0 Å². The van der Waals surface area contributed by atoms with Gasteiger partial charge in [0.2, 0.25) is 0 Å². The average molecular weight is 367 g/mol. The summed E-state index contributed by atoms with van der Waals surface area (Å²) in [5.74, 6) is 3.09. The number of halogens is 2. The van der Waals surface area contributed by atoms with Gasteiger partial charge in [0.15, 0.2) is 0 Å². The summed E-state index contributed by atoms with van der Waals surface area (Å²) < 4.78 is 1.13. The van der Waals surface area contributed by atoms with Crippen molar-refractivity contribution in [3.05, 3.63) is 34.3 Å². The lowest BCUT2D eigenvalue weighted by atomic mass is 10.1. The Labute approximate surface area is 104 Å². The summed E-state index contributed by atoms with van der Waals surface area (Å²) in [5.41, 5.74) is 1.34. The van der Waals surface area contributed by atoms with Crippen LogP contribution in [0.5, 0.6) is 0 Å². The molecule has 1 rings (SSSR count). The van der Waals surface area contributed by atoms with Gasteiger partial charge in [-0.3, -0.25) is 0 Å². The van der Waals surface area contributed by atoms with E-state index in [0.29, 0.717) is 0 Å². The minimum atomic E-state index is 0.942. The van der Waals surface area contributed by atoms with Crippen molar-refractivity contribution in [2.75, 3.05) is 0 Å². The van der Waals surface area contributed by atoms with Gasteiger partial charge >= 0.3 is 0 Å². The fourth-order valence-electron chi connectivity index (χ4n) is 0.936. The molecule has 0 atom stereocenters. The molecule has 0 radical (unpaired) electrons. The van der Waals surface area contributed by atoms with E-state index in [1.54, 1.807) is 8.93 Å². The second-order valence-corrected chi connectivity index (χ2v) is 5.08. The van der Waals surface area contributed by atoms with E-state index in [4.69, 9.17) is 0 Å². The van der Waals surface area contributed by atoms with Crippen LogP contribution in [0.4, 0.5) is 0 Å². The van der Waals surface area contributed by atoms with Gasteiger partial charge in [0, 0.05) is 32.1 Å². The maximum Gasteiger partial charge on any atom is 0.0175 e. The average Bonchev–Trinajstić information content (AvgIpc) is 2.15. The van der Waals surface area contributed by atoms with E-state index in [1.807, 2.05) is 0 Å². The lowest BCUT2D eigenvalue weighted by Gasteiger charge is -1.96. The van der Waals surface area contributed by atoms with Gasteiger partial charge in [-0.05, 0) is 38.3 Å². The second kappa shape index (κ2) is 6.74. The molecule has 0 amide bonds. The van der Waals surface area contributed by atoms with Crippen molar-refractivity contribution in [2.24, 2.45) is 0 Å². The largest absolute Gasteiger partial charge is 0.0901 e. The molecule has 0 spiro atoms. The van der Waals surface area contributed by atoms with E-state index in [2.05, 4.69) is 72.6 Å². The molecule has 0 saturated heterocycles. The van der Waals surface area contributed by atoms with E-state index in [9.17, 15) is 0 Å². The van der Waals surface area contributed by atoms with E-state index >= 15 is 0 Å². The van der Waals surface area contributed by atoms with E-state index in [0.717, 1.165) is 17.3 Å². The van der Waals surface area contributed by atoms with Gasteiger partial charge < -0.3 is 0 Å². The Morgan fingerprint density at radius 1 is 1.31 bits per heavy atom. The molecule has 0 heterocycles. The minimum Gasteiger partial charge on any atom is -0.0901 e. The number of benzene rings is 1. The highest BCUT2D eigenvalue weighted by Gasteiger charge is 1.90. The molecule has 0 nitrogen and oxygen atoms in total. The Hall–Kier alpha value is 0.340. The third kappa shape index (κ3) is 4.94. The second-order valence-electron chi connectivity index (χ2n) is 2.48. The Morgan fingerprint density at radius 2 is 2.00 bits per heavy atom. The van der Waals surface area contributed by atoms with Crippen LogP contribution in [0.1, 0.15) is 12.0 Å². The van der Waals surface area contributed by atoms with Crippen molar-refractivity contribution in [2.45, 2.75) is 12.8 Å². The van der Waals surface area contributed by atoms with Crippen LogP contribution in [0, 0.1) is 11.2 Å². The van der Waals surface area contributed by atoms with Crippen LogP contribution in [0.15, 0.2) is 28.7 Å². The zero-order chi connectivity index (χ0) is 9.52. The first-order valence-electron chi connectivity index (χ1n) is 3.83. The fraction of sp³-hybridized carbons (Fsp3) is 0.200. The first-order chi connectivity index (χ1) is 6.33. The number of aryl methyl sites for hydroxylation is 1. The monoisotopic (exact) mass is 366 g/mol. The third-order valence-corrected chi connectivity index (χ3v) is 2.97. The fourth-order valence-corrected chi connectivity index (χ4v) is 1.82. The van der Waals surface area contributed by atoms with E-state index in [1.165, 1.54) is 5.56 Å². The SMILES string of the molecule is Brc1ccc(CCC#CSI)cc1. The van der Waals surface area contributed by atoms with Crippen LogP contribution >= 0.6 is 46.1 Å².